The number of likely N-dealkylation sites (tertiary alicyclic amines) is 1. The minimum Gasteiger partial charge on any atom is -0.398 e. The Hall–Kier alpha value is -1.67. The Morgan fingerprint density at radius 3 is 2.57 bits per heavy atom. The van der Waals surface area contributed by atoms with Crippen molar-refractivity contribution in [2.24, 2.45) is 0 Å². The zero-order chi connectivity index (χ0) is 15.5. The summed E-state index contributed by atoms with van der Waals surface area (Å²) in [6.07, 6.45) is 2.95. The molecule has 0 unspecified atom stereocenters. The first-order chi connectivity index (χ1) is 9.90. The number of nitrogens with zero attached hydrogens (tertiary/aromatic N) is 1. The van der Waals surface area contributed by atoms with E-state index in [2.05, 4.69) is 4.72 Å². The van der Waals surface area contributed by atoms with Crippen molar-refractivity contribution < 1.29 is 17.6 Å². The van der Waals surface area contributed by atoms with E-state index in [0.717, 1.165) is 37.5 Å². The average Bonchev–Trinajstić information content (AvgIpc) is 2.45. The molecule has 21 heavy (non-hydrogen) atoms. The van der Waals surface area contributed by atoms with E-state index in [0.29, 0.717) is 13.1 Å². The van der Waals surface area contributed by atoms with E-state index < -0.39 is 15.8 Å². The fourth-order valence-electron chi connectivity index (χ4n) is 2.25. The Morgan fingerprint density at radius 2 is 1.95 bits per heavy atom. The number of rotatable bonds is 4. The van der Waals surface area contributed by atoms with Gasteiger partial charge < -0.3 is 10.6 Å². The van der Waals surface area contributed by atoms with Gasteiger partial charge in [0, 0.05) is 13.1 Å². The van der Waals surface area contributed by atoms with E-state index in [1.165, 1.54) is 0 Å². The summed E-state index contributed by atoms with van der Waals surface area (Å²) in [6.45, 7) is 0.984. The summed E-state index contributed by atoms with van der Waals surface area (Å²) in [5, 5.41) is 0. The second-order valence-electron chi connectivity index (χ2n) is 4.95. The van der Waals surface area contributed by atoms with Gasteiger partial charge in [-0.15, -0.1) is 0 Å². The number of benzene rings is 1. The number of hydrogen-bond acceptors (Lipinski definition) is 4. The molecule has 1 aromatic carbocycles. The van der Waals surface area contributed by atoms with Gasteiger partial charge in [0.25, 0.3) is 0 Å². The molecule has 1 heterocycles. The highest BCUT2D eigenvalue weighted by atomic mass is 32.2. The second kappa shape index (κ2) is 6.40. The number of piperidine rings is 1. The molecule has 1 fully saturated rings. The van der Waals surface area contributed by atoms with Gasteiger partial charge in [-0.2, -0.15) is 0 Å². The lowest BCUT2D eigenvalue weighted by molar-refractivity contribution is -0.130. The maximum absolute atomic E-state index is 12.9. The van der Waals surface area contributed by atoms with Crippen LogP contribution < -0.4 is 10.5 Å². The van der Waals surface area contributed by atoms with E-state index in [-0.39, 0.29) is 23.0 Å². The molecule has 6 nitrogen and oxygen atoms in total. The summed E-state index contributed by atoms with van der Waals surface area (Å²) >= 11 is 0. The number of hydrogen-bond donors (Lipinski definition) is 2. The number of nitrogens with two attached hydrogens (primary N) is 1. The third-order valence-corrected chi connectivity index (χ3v) is 4.86. The lowest BCUT2D eigenvalue weighted by atomic mass is 10.1. The number of carbonyl (C=O) groups excluding carboxylic acids is 1. The third kappa shape index (κ3) is 3.92. The van der Waals surface area contributed by atoms with Crippen LogP contribution in [0.1, 0.15) is 19.3 Å². The van der Waals surface area contributed by atoms with Crippen LogP contribution >= 0.6 is 0 Å². The molecule has 8 heteroatoms. The Bertz CT molecular complexity index is 628. The van der Waals surface area contributed by atoms with Crippen LogP contribution in [0.3, 0.4) is 0 Å². The number of nitrogen functional groups attached to an aromatic ring is 1. The number of halogens is 1. The van der Waals surface area contributed by atoms with Crippen LogP contribution in [0.15, 0.2) is 23.1 Å². The normalized spacial score (nSPS) is 16.0. The van der Waals surface area contributed by atoms with Gasteiger partial charge in [0.05, 0.1) is 12.2 Å². The van der Waals surface area contributed by atoms with Crippen LogP contribution in [-0.2, 0) is 14.8 Å². The first-order valence-electron chi connectivity index (χ1n) is 6.72. The number of sulfonamides is 1. The lowest BCUT2D eigenvalue weighted by Gasteiger charge is -2.26. The largest absolute Gasteiger partial charge is 0.398 e. The molecule has 1 aromatic rings. The molecule has 3 N–H and O–H groups in total. The summed E-state index contributed by atoms with van der Waals surface area (Å²) < 4.78 is 39.3. The maximum atomic E-state index is 12.9. The third-order valence-electron chi connectivity index (χ3n) is 3.38. The molecule has 0 aromatic heterocycles. The van der Waals surface area contributed by atoms with Gasteiger partial charge in [-0.3, -0.25) is 4.79 Å². The highest BCUT2D eigenvalue weighted by molar-refractivity contribution is 7.89. The van der Waals surface area contributed by atoms with Crippen LogP contribution in [0, 0.1) is 5.82 Å². The van der Waals surface area contributed by atoms with Crippen molar-refractivity contribution in [3.05, 3.63) is 24.0 Å². The highest BCUT2D eigenvalue weighted by Gasteiger charge is 2.22. The highest BCUT2D eigenvalue weighted by Crippen LogP contribution is 2.18. The van der Waals surface area contributed by atoms with Crippen molar-refractivity contribution in [1.82, 2.24) is 9.62 Å². The van der Waals surface area contributed by atoms with E-state index in [1.807, 2.05) is 0 Å². The molecule has 2 rings (SSSR count). The van der Waals surface area contributed by atoms with Crippen LogP contribution in [0.25, 0.3) is 0 Å². The molecule has 1 aliphatic rings. The number of amides is 1. The molecular weight excluding hydrogens is 297 g/mol. The SMILES string of the molecule is Nc1cc(F)ccc1S(=O)(=O)NCC(=O)N1CCCCC1. The Labute approximate surface area is 123 Å². The smallest absolute Gasteiger partial charge is 0.243 e. The molecule has 0 bridgehead atoms. The molecule has 0 aliphatic carbocycles. The van der Waals surface area contributed by atoms with Crippen molar-refractivity contribution in [3.63, 3.8) is 0 Å². The minimum absolute atomic E-state index is 0.187. The fourth-order valence-corrected chi connectivity index (χ4v) is 3.34. The first-order valence-corrected chi connectivity index (χ1v) is 8.21. The second-order valence-corrected chi connectivity index (χ2v) is 6.68. The van der Waals surface area contributed by atoms with Crippen LogP contribution in [-0.4, -0.2) is 38.9 Å². The summed E-state index contributed by atoms with van der Waals surface area (Å²) in [7, 11) is -3.93. The van der Waals surface area contributed by atoms with E-state index in [1.54, 1.807) is 4.90 Å². The van der Waals surface area contributed by atoms with Crippen LogP contribution in [0.5, 0.6) is 0 Å². The number of anilines is 1. The molecule has 116 valence electrons. The van der Waals surface area contributed by atoms with Crippen molar-refractivity contribution >= 4 is 21.6 Å². The number of nitrogens with one attached hydrogen (secondary N) is 1. The van der Waals surface area contributed by atoms with Gasteiger partial charge in [0.15, 0.2) is 0 Å². The van der Waals surface area contributed by atoms with Crippen molar-refractivity contribution in [2.45, 2.75) is 24.2 Å². The van der Waals surface area contributed by atoms with Crippen molar-refractivity contribution in [1.29, 1.82) is 0 Å². The summed E-state index contributed by atoms with van der Waals surface area (Å²) in [5.74, 6) is -0.880. The van der Waals surface area contributed by atoms with E-state index in [9.17, 15) is 17.6 Å². The molecular formula is C13H18FN3O3S. The number of carbonyl (C=O) groups is 1. The Balaban J connectivity index is 2.02. The molecule has 0 spiro atoms. The van der Waals surface area contributed by atoms with Crippen molar-refractivity contribution in [3.8, 4) is 0 Å². The van der Waals surface area contributed by atoms with E-state index in [4.69, 9.17) is 5.73 Å². The molecule has 1 aliphatic heterocycles. The van der Waals surface area contributed by atoms with Gasteiger partial charge in [0.1, 0.15) is 10.7 Å². The van der Waals surface area contributed by atoms with Crippen LogP contribution in [0.2, 0.25) is 0 Å². The molecule has 0 atom stereocenters. The Kier molecular flexibility index (Phi) is 4.79. The van der Waals surface area contributed by atoms with Gasteiger partial charge in [-0.1, -0.05) is 0 Å². The first kappa shape index (κ1) is 15.7. The van der Waals surface area contributed by atoms with E-state index >= 15 is 0 Å². The average molecular weight is 315 g/mol. The fraction of sp³-hybridized carbons (Fsp3) is 0.462. The molecule has 1 saturated heterocycles. The molecule has 1 amide bonds. The molecule has 0 radical (unpaired) electrons. The van der Waals surface area contributed by atoms with Gasteiger partial charge in [-0.25, -0.2) is 17.5 Å². The van der Waals surface area contributed by atoms with Crippen molar-refractivity contribution in [2.75, 3.05) is 25.4 Å². The Morgan fingerprint density at radius 1 is 1.29 bits per heavy atom. The predicted molar refractivity (Wildman–Crippen MR) is 76.4 cm³/mol. The quantitative estimate of drug-likeness (QED) is 0.800. The minimum atomic E-state index is -3.93. The zero-order valence-corrected chi connectivity index (χ0v) is 12.3. The lowest BCUT2D eigenvalue weighted by Crippen LogP contribution is -2.42. The molecule has 0 saturated carbocycles. The van der Waals surface area contributed by atoms with Gasteiger partial charge in [0.2, 0.25) is 15.9 Å². The maximum Gasteiger partial charge on any atom is 0.243 e. The van der Waals surface area contributed by atoms with Gasteiger partial charge in [-0.05, 0) is 37.5 Å². The van der Waals surface area contributed by atoms with Crippen LogP contribution in [0.4, 0.5) is 10.1 Å². The standard InChI is InChI=1S/C13H18FN3O3S/c14-10-4-5-12(11(15)8-10)21(19,20)16-9-13(18)17-6-2-1-3-7-17/h4-5,8,16H,1-3,6-7,9,15H2. The topological polar surface area (TPSA) is 92.5 Å². The monoisotopic (exact) mass is 315 g/mol. The van der Waals surface area contributed by atoms with Gasteiger partial charge >= 0.3 is 0 Å². The summed E-state index contributed by atoms with van der Waals surface area (Å²) in [4.78, 5) is 13.3. The summed E-state index contributed by atoms with van der Waals surface area (Å²) in [6, 6.07) is 3.02. The zero-order valence-electron chi connectivity index (χ0n) is 11.5. The predicted octanol–water partition coefficient (Wildman–Crippen LogP) is 0.699. The summed E-state index contributed by atoms with van der Waals surface area (Å²) in [5.41, 5.74) is 5.32.